The smallest absolute Gasteiger partial charge is 0.0274 e. The molecule has 1 heterocycles. The summed E-state index contributed by atoms with van der Waals surface area (Å²) >= 11 is 0. The fourth-order valence-electron chi connectivity index (χ4n) is 0.720. The van der Waals surface area contributed by atoms with Crippen LogP contribution >= 0.6 is 21.6 Å². The molecule has 1 aliphatic heterocycles. The molecule has 0 aliphatic carbocycles. The minimum Gasteiger partial charge on any atom is -0.329 e. The molecule has 1 rings (SSSR count). The van der Waals surface area contributed by atoms with Crippen molar-refractivity contribution >= 4 is 21.6 Å². The Morgan fingerprint density at radius 3 is 2.88 bits per heavy atom. The summed E-state index contributed by atoms with van der Waals surface area (Å²) in [5.41, 5.74) is 5.47. The van der Waals surface area contributed by atoms with Crippen LogP contribution in [0.2, 0.25) is 0 Å². The quantitative estimate of drug-likeness (QED) is 0.572. The van der Waals surface area contributed by atoms with Crippen LogP contribution in [0.15, 0.2) is 0 Å². The molecule has 0 aromatic carbocycles. The SMILES string of the molecule is NCC1CCCSS1. The Bertz CT molecular complexity index is 61.4. The maximum Gasteiger partial charge on any atom is 0.0274 e. The van der Waals surface area contributed by atoms with Gasteiger partial charge in [-0.1, -0.05) is 21.6 Å². The summed E-state index contributed by atoms with van der Waals surface area (Å²) in [5, 5.41) is 0.744. The van der Waals surface area contributed by atoms with Gasteiger partial charge in [-0.2, -0.15) is 0 Å². The fourth-order valence-corrected chi connectivity index (χ4v) is 3.38. The van der Waals surface area contributed by atoms with E-state index in [1.165, 1.54) is 18.6 Å². The van der Waals surface area contributed by atoms with Crippen molar-refractivity contribution in [3.05, 3.63) is 0 Å². The van der Waals surface area contributed by atoms with Gasteiger partial charge >= 0.3 is 0 Å². The van der Waals surface area contributed by atoms with Crippen molar-refractivity contribution in [2.24, 2.45) is 5.73 Å². The predicted octanol–water partition coefficient (Wildman–Crippen LogP) is 1.49. The molecule has 8 heavy (non-hydrogen) atoms. The van der Waals surface area contributed by atoms with Gasteiger partial charge in [0.1, 0.15) is 0 Å². The van der Waals surface area contributed by atoms with E-state index in [0.717, 1.165) is 11.8 Å². The number of rotatable bonds is 1. The highest BCUT2D eigenvalue weighted by Crippen LogP contribution is 2.34. The van der Waals surface area contributed by atoms with Crippen LogP contribution in [0, 0.1) is 0 Å². The predicted molar refractivity (Wildman–Crippen MR) is 42.1 cm³/mol. The van der Waals surface area contributed by atoms with Gasteiger partial charge in [-0.15, -0.1) is 0 Å². The highest BCUT2D eigenvalue weighted by Gasteiger charge is 2.11. The van der Waals surface area contributed by atoms with E-state index in [1.54, 1.807) is 0 Å². The largest absolute Gasteiger partial charge is 0.329 e. The normalized spacial score (nSPS) is 30.4. The summed E-state index contributed by atoms with van der Waals surface area (Å²) in [6, 6.07) is 0. The minimum atomic E-state index is 0.744. The molecule has 1 unspecified atom stereocenters. The molecule has 0 radical (unpaired) electrons. The van der Waals surface area contributed by atoms with Gasteiger partial charge < -0.3 is 5.73 Å². The molecular formula is C5H11NS2. The summed E-state index contributed by atoms with van der Waals surface area (Å²) in [7, 11) is 3.92. The molecule has 1 aliphatic rings. The van der Waals surface area contributed by atoms with Crippen LogP contribution in [0.3, 0.4) is 0 Å². The first-order valence-electron chi connectivity index (χ1n) is 2.92. The van der Waals surface area contributed by atoms with Gasteiger partial charge in [0, 0.05) is 17.5 Å². The summed E-state index contributed by atoms with van der Waals surface area (Å²) < 4.78 is 0. The molecular weight excluding hydrogens is 138 g/mol. The van der Waals surface area contributed by atoms with Gasteiger partial charge in [0.05, 0.1) is 0 Å². The van der Waals surface area contributed by atoms with Gasteiger partial charge in [0.15, 0.2) is 0 Å². The lowest BCUT2D eigenvalue weighted by Crippen LogP contribution is -2.17. The average Bonchev–Trinajstić information content (AvgIpc) is 1.90. The summed E-state index contributed by atoms with van der Waals surface area (Å²) in [4.78, 5) is 0. The van der Waals surface area contributed by atoms with Crippen molar-refractivity contribution in [3.8, 4) is 0 Å². The lowest BCUT2D eigenvalue weighted by atomic mass is 10.2. The lowest BCUT2D eigenvalue weighted by Gasteiger charge is -2.17. The van der Waals surface area contributed by atoms with E-state index in [2.05, 4.69) is 0 Å². The molecule has 1 nitrogen and oxygen atoms in total. The molecule has 1 atom stereocenters. The number of nitrogens with two attached hydrogens (primary N) is 1. The molecule has 0 spiro atoms. The maximum atomic E-state index is 5.47. The van der Waals surface area contributed by atoms with E-state index in [0.29, 0.717) is 0 Å². The molecule has 0 saturated carbocycles. The number of hydrogen-bond donors (Lipinski definition) is 1. The van der Waals surface area contributed by atoms with E-state index < -0.39 is 0 Å². The van der Waals surface area contributed by atoms with Crippen molar-refractivity contribution in [2.45, 2.75) is 18.1 Å². The molecule has 0 aromatic rings. The van der Waals surface area contributed by atoms with Crippen molar-refractivity contribution in [1.82, 2.24) is 0 Å². The molecule has 48 valence electrons. The van der Waals surface area contributed by atoms with Crippen molar-refractivity contribution < 1.29 is 0 Å². The monoisotopic (exact) mass is 149 g/mol. The summed E-state index contributed by atoms with van der Waals surface area (Å²) in [6.45, 7) is 0.859. The Kier molecular flexibility index (Phi) is 3.08. The Morgan fingerprint density at radius 1 is 1.62 bits per heavy atom. The van der Waals surface area contributed by atoms with Crippen LogP contribution < -0.4 is 5.73 Å². The van der Waals surface area contributed by atoms with Crippen LogP contribution in [0.5, 0.6) is 0 Å². The van der Waals surface area contributed by atoms with Gasteiger partial charge in [0.2, 0.25) is 0 Å². The van der Waals surface area contributed by atoms with Crippen molar-refractivity contribution in [1.29, 1.82) is 0 Å². The highest BCUT2D eigenvalue weighted by atomic mass is 33.1. The second kappa shape index (κ2) is 3.64. The zero-order valence-corrected chi connectivity index (χ0v) is 6.43. The van der Waals surface area contributed by atoms with Crippen LogP contribution in [0.1, 0.15) is 12.8 Å². The van der Waals surface area contributed by atoms with Crippen molar-refractivity contribution in [2.75, 3.05) is 12.3 Å². The molecule has 3 heteroatoms. The third-order valence-electron chi connectivity index (χ3n) is 1.22. The molecule has 2 N–H and O–H groups in total. The van der Waals surface area contributed by atoms with Crippen molar-refractivity contribution in [3.63, 3.8) is 0 Å². The molecule has 0 amide bonds. The Balaban J connectivity index is 2.13. The molecule has 1 saturated heterocycles. The maximum absolute atomic E-state index is 5.47. The highest BCUT2D eigenvalue weighted by molar-refractivity contribution is 8.77. The minimum absolute atomic E-state index is 0.744. The van der Waals surface area contributed by atoms with Gasteiger partial charge in [0.25, 0.3) is 0 Å². The second-order valence-electron chi connectivity index (χ2n) is 1.92. The fraction of sp³-hybridized carbons (Fsp3) is 1.00. The zero-order valence-electron chi connectivity index (χ0n) is 4.80. The molecule has 0 aromatic heterocycles. The first-order valence-corrected chi connectivity index (χ1v) is 5.30. The lowest BCUT2D eigenvalue weighted by molar-refractivity contribution is 0.748. The molecule has 0 bridgehead atoms. The Morgan fingerprint density at radius 2 is 2.50 bits per heavy atom. The van der Waals surface area contributed by atoms with Gasteiger partial charge in [-0.25, -0.2) is 0 Å². The third kappa shape index (κ3) is 1.88. The standard InChI is InChI=1S/C5H11NS2/c6-4-5-2-1-3-7-8-5/h5H,1-4,6H2. The van der Waals surface area contributed by atoms with E-state index >= 15 is 0 Å². The van der Waals surface area contributed by atoms with Crippen LogP contribution in [-0.2, 0) is 0 Å². The first kappa shape index (κ1) is 6.78. The van der Waals surface area contributed by atoms with Crippen LogP contribution in [-0.4, -0.2) is 17.5 Å². The van der Waals surface area contributed by atoms with Crippen LogP contribution in [0.4, 0.5) is 0 Å². The van der Waals surface area contributed by atoms with Crippen LogP contribution in [0.25, 0.3) is 0 Å². The second-order valence-corrected chi connectivity index (χ2v) is 4.71. The number of hydrogen-bond acceptors (Lipinski definition) is 3. The van der Waals surface area contributed by atoms with Gasteiger partial charge in [-0.05, 0) is 12.8 Å². The van der Waals surface area contributed by atoms with Gasteiger partial charge in [-0.3, -0.25) is 0 Å². The topological polar surface area (TPSA) is 26.0 Å². The van der Waals surface area contributed by atoms with E-state index in [9.17, 15) is 0 Å². The Labute approximate surface area is 58.2 Å². The third-order valence-corrected chi connectivity index (χ3v) is 4.24. The van der Waals surface area contributed by atoms with E-state index in [4.69, 9.17) is 5.73 Å². The Hall–Kier alpha value is 0.660. The summed E-state index contributed by atoms with van der Waals surface area (Å²) in [6.07, 6.45) is 2.69. The average molecular weight is 149 g/mol. The van der Waals surface area contributed by atoms with E-state index in [1.807, 2.05) is 21.6 Å². The first-order chi connectivity index (χ1) is 3.93. The zero-order chi connectivity index (χ0) is 5.82. The summed E-state index contributed by atoms with van der Waals surface area (Å²) in [5.74, 6) is 1.32. The van der Waals surface area contributed by atoms with E-state index in [-0.39, 0.29) is 0 Å². The molecule has 1 fully saturated rings.